The monoisotopic (exact) mass is 430 g/mol. The van der Waals surface area contributed by atoms with E-state index in [2.05, 4.69) is 33.7 Å². The van der Waals surface area contributed by atoms with Gasteiger partial charge in [0.05, 0.1) is 5.76 Å². The molecule has 1 atom stereocenters. The number of hydrogen-bond donors (Lipinski definition) is 4. The fourth-order valence-corrected chi connectivity index (χ4v) is 1.57. The molecule has 174 valence electrons. The molecule has 0 radical (unpaired) electrons. The number of aryl methyl sites for hydroxylation is 1. The first-order valence-corrected chi connectivity index (χ1v) is 10.00. The van der Waals surface area contributed by atoms with Gasteiger partial charge in [0.25, 0.3) is 0 Å². The molecule has 1 unspecified atom stereocenters. The SMILES string of the molecule is C/C=C(/C)O.C=C/C=C\C=C(/C)COc1cc(C)cc(C(N)O)c1.C=CC(C)C.C=N. The van der Waals surface area contributed by atoms with Crippen molar-refractivity contribution in [3.8, 4) is 5.75 Å². The van der Waals surface area contributed by atoms with E-state index in [1.54, 1.807) is 32.1 Å². The first-order chi connectivity index (χ1) is 14.6. The molecule has 31 heavy (non-hydrogen) atoms. The van der Waals surface area contributed by atoms with Crippen LogP contribution in [0.3, 0.4) is 0 Å². The molecule has 5 N–H and O–H groups in total. The van der Waals surface area contributed by atoms with E-state index in [-0.39, 0.29) is 0 Å². The third kappa shape index (κ3) is 23.3. The fourth-order valence-electron chi connectivity index (χ4n) is 1.57. The van der Waals surface area contributed by atoms with Crippen LogP contribution in [0.15, 0.2) is 79.1 Å². The Balaban J connectivity index is -0.000000539. The lowest BCUT2D eigenvalue weighted by Crippen LogP contribution is -2.09. The van der Waals surface area contributed by atoms with E-state index >= 15 is 0 Å². The zero-order valence-corrected chi connectivity index (χ0v) is 20.1. The van der Waals surface area contributed by atoms with Gasteiger partial charge in [-0.3, -0.25) is 0 Å². The Labute approximate surface area is 189 Å². The van der Waals surface area contributed by atoms with E-state index < -0.39 is 6.23 Å². The van der Waals surface area contributed by atoms with Gasteiger partial charge in [0.15, 0.2) is 0 Å². The van der Waals surface area contributed by atoms with Gasteiger partial charge in [0, 0.05) is 0 Å². The van der Waals surface area contributed by atoms with Gasteiger partial charge in [0.1, 0.15) is 18.6 Å². The normalized spacial score (nSPS) is 11.8. The summed E-state index contributed by atoms with van der Waals surface area (Å²) in [6, 6.07) is 5.51. The van der Waals surface area contributed by atoms with E-state index in [1.165, 1.54) is 0 Å². The Morgan fingerprint density at radius 1 is 1.16 bits per heavy atom. The molecule has 0 saturated heterocycles. The Morgan fingerprint density at radius 3 is 2.06 bits per heavy atom. The summed E-state index contributed by atoms with van der Waals surface area (Å²) in [5.74, 6) is 1.74. The summed E-state index contributed by atoms with van der Waals surface area (Å²) in [5.41, 5.74) is 8.21. The Bertz CT molecular complexity index is 699. The van der Waals surface area contributed by atoms with E-state index in [0.717, 1.165) is 11.1 Å². The number of rotatable bonds is 7. The smallest absolute Gasteiger partial charge is 0.128 e. The summed E-state index contributed by atoms with van der Waals surface area (Å²) < 4.78 is 5.68. The molecule has 0 amide bonds. The van der Waals surface area contributed by atoms with E-state index in [4.69, 9.17) is 21.0 Å². The molecule has 5 nitrogen and oxygen atoms in total. The number of ether oxygens (including phenoxy) is 1. The number of nitrogens with two attached hydrogens (primary N) is 1. The summed E-state index contributed by atoms with van der Waals surface area (Å²) in [5, 5.41) is 23.1. The first-order valence-electron chi connectivity index (χ1n) is 10.00. The lowest BCUT2D eigenvalue weighted by atomic mass is 10.1. The van der Waals surface area contributed by atoms with Crippen LogP contribution in [0, 0.1) is 18.3 Å². The minimum absolute atomic E-state index is 0.380. The highest BCUT2D eigenvalue weighted by molar-refractivity contribution is 5.35. The molecule has 1 aromatic rings. The number of aliphatic hydroxyl groups is 2. The summed E-state index contributed by atoms with van der Waals surface area (Å²) in [6.45, 7) is 21.7. The molecule has 0 aliphatic carbocycles. The van der Waals surface area contributed by atoms with Gasteiger partial charge in [-0.15, -0.1) is 6.58 Å². The predicted molar refractivity (Wildman–Crippen MR) is 136 cm³/mol. The molecule has 0 bridgehead atoms. The van der Waals surface area contributed by atoms with Gasteiger partial charge in [-0.25, -0.2) is 0 Å². The third-order valence-corrected chi connectivity index (χ3v) is 3.40. The van der Waals surface area contributed by atoms with Gasteiger partial charge < -0.3 is 26.1 Å². The van der Waals surface area contributed by atoms with Gasteiger partial charge in [-0.05, 0) is 69.2 Å². The topological polar surface area (TPSA) is 99.6 Å². The van der Waals surface area contributed by atoms with E-state index in [0.29, 0.717) is 29.6 Å². The van der Waals surface area contributed by atoms with Gasteiger partial charge in [0.2, 0.25) is 0 Å². The molecule has 0 aliphatic heterocycles. The number of aliphatic hydroxyl groups excluding tert-OH is 2. The van der Waals surface area contributed by atoms with Crippen molar-refractivity contribution < 1.29 is 14.9 Å². The second-order valence-electron chi connectivity index (χ2n) is 6.86. The zero-order valence-electron chi connectivity index (χ0n) is 20.1. The molecule has 1 rings (SSSR count). The molecule has 0 spiro atoms. The van der Waals surface area contributed by atoms with Crippen molar-refractivity contribution in [2.75, 3.05) is 6.61 Å². The van der Waals surface area contributed by atoms with E-state index in [1.807, 2.05) is 50.3 Å². The molecule has 0 aliphatic rings. The number of nitrogens with one attached hydrogen (secondary N) is 1. The predicted octanol–water partition coefficient (Wildman–Crippen LogP) is 6.57. The summed E-state index contributed by atoms with van der Waals surface area (Å²) in [7, 11) is 0. The van der Waals surface area contributed by atoms with Crippen LogP contribution in [0.25, 0.3) is 0 Å². The maximum Gasteiger partial charge on any atom is 0.128 e. The van der Waals surface area contributed by atoms with Crippen LogP contribution >= 0.6 is 0 Å². The molecule has 0 heterocycles. The van der Waals surface area contributed by atoms with Gasteiger partial charge >= 0.3 is 0 Å². The highest BCUT2D eigenvalue weighted by Gasteiger charge is 2.05. The zero-order chi connectivity index (χ0) is 24.8. The standard InChI is InChI=1S/C16H21NO2.C5H10.C4H8O.CH3N/c1-4-5-6-7-12(2)11-19-15-9-13(3)8-14(10-15)16(17)18;1-4-5(2)3;1-3-4(2)5;1-2/h4-10,16,18H,1,11,17H2,2-3H3;4-5H,1H2,2-3H3;3,5H,1-2H3;2H,1H2/b6-5-,12-7+;;4-3-;. The van der Waals surface area contributed by atoms with Crippen LogP contribution < -0.4 is 10.5 Å². The Kier molecular flexibility index (Phi) is 23.1. The van der Waals surface area contributed by atoms with Crippen LogP contribution in [-0.2, 0) is 0 Å². The van der Waals surface area contributed by atoms with Crippen LogP contribution in [0.2, 0.25) is 0 Å². The number of hydrogen-bond acceptors (Lipinski definition) is 5. The lowest BCUT2D eigenvalue weighted by Gasteiger charge is -2.11. The average Bonchev–Trinajstić information content (AvgIpc) is 2.74. The van der Waals surface area contributed by atoms with Crippen molar-refractivity contribution in [3.63, 3.8) is 0 Å². The quantitative estimate of drug-likeness (QED) is 0.129. The van der Waals surface area contributed by atoms with Crippen LogP contribution in [0.1, 0.15) is 52.0 Å². The average molecular weight is 431 g/mol. The van der Waals surface area contributed by atoms with Crippen molar-refractivity contribution in [1.82, 2.24) is 0 Å². The molecule has 0 saturated carbocycles. The van der Waals surface area contributed by atoms with E-state index in [9.17, 15) is 5.11 Å². The summed E-state index contributed by atoms with van der Waals surface area (Å²) >= 11 is 0. The van der Waals surface area contributed by atoms with Crippen molar-refractivity contribution in [2.45, 2.75) is 47.8 Å². The minimum Gasteiger partial charge on any atom is -0.513 e. The van der Waals surface area contributed by atoms with Crippen molar-refractivity contribution in [3.05, 3.63) is 90.3 Å². The number of benzene rings is 1. The summed E-state index contributed by atoms with van der Waals surface area (Å²) in [6.07, 6.45) is 10.0. The number of allylic oxidation sites excluding steroid dienone is 7. The molecular weight excluding hydrogens is 388 g/mol. The molecule has 5 heteroatoms. The lowest BCUT2D eigenvalue weighted by molar-refractivity contribution is 0.185. The van der Waals surface area contributed by atoms with Crippen LogP contribution in [-0.4, -0.2) is 23.5 Å². The third-order valence-electron chi connectivity index (χ3n) is 3.40. The molecule has 0 aromatic heterocycles. The minimum atomic E-state index is -0.977. The fraction of sp³-hybridized carbons (Fsp3) is 0.346. The summed E-state index contributed by atoms with van der Waals surface area (Å²) in [4.78, 5) is 0. The van der Waals surface area contributed by atoms with Gasteiger partial charge in [-0.2, -0.15) is 0 Å². The van der Waals surface area contributed by atoms with Crippen LogP contribution in [0.4, 0.5) is 0 Å². The molecule has 0 fully saturated rings. The first kappa shape index (κ1) is 32.8. The Hall–Kier alpha value is -2.89. The second kappa shape index (κ2) is 21.8. The second-order valence-corrected chi connectivity index (χ2v) is 6.86. The Morgan fingerprint density at radius 2 is 1.68 bits per heavy atom. The largest absolute Gasteiger partial charge is 0.513 e. The highest BCUT2D eigenvalue weighted by Crippen LogP contribution is 2.20. The van der Waals surface area contributed by atoms with Crippen molar-refractivity contribution in [2.24, 2.45) is 11.7 Å². The van der Waals surface area contributed by atoms with Crippen molar-refractivity contribution in [1.29, 1.82) is 5.41 Å². The maximum atomic E-state index is 9.39. The maximum absolute atomic E-state index is 9.39. The molecular formula is C26H42N2O3. The van der Waals surface area contributed by atoms with Crippen molar-refractivity contribution >= 4 is 6.72 Å². The van der Waals surface area contributed by atoms with Gasteiger partial charge in [-0.1, -0.05) is 62.9 Å². The van der Waals surface area contributed by atoms with Crippen LogP contribution in [0.5, 0.6) is 5.75 Å². The molecule has 1 aromatic carbocycles. The highest BCUT2D eigenvalue weighted by atomic mass is 16.5.